The molecule has 27 heavy (non-hydrogen) atoms. The lowest BCUT2D eigenvalue weighted by atomic mass is 10.5. The molecule has 9 heteroatoms. The normalized spacial score (nSPS) is 12.0. The standard InChI is InChI=1S/C9H23NO3Si.C9H22O3Si/c1-4-11-14(12-5-2,13-6-3)9-7-8-10;1-5-9-13(10-6-2,11-7-3)12-8-4/h4-10H2,1-3H3;5-9H2,1-4H3. The summed E-state index contributed by atoms with van der Waals surface area (Å²) in [5.41, 5.74) is 5.48. The molecule has 2 N–H and O–H groups in total. The zero-order valence-corrected chi connectivity index (χ0v) is 20.8. The molecule has 0 radical (unpaired) electrons. The largest absolute Gasteiger partial charge is 0.500 e. The topological polar surface area (TPSA) is 81.4 Å². The van der Waals surface area contributed by atoms with E-state index in [9.17, 15) is 0 Å². The van der Waals surface area contributed by atoms with E-state index in [1.807, 2.05) is 41.5 Å². The Morgan fingerprint density at radius 1 is 0.519 bits per heavy atom. The molecule has 0 atom stereocenters. The van der Waals surface area contributed by atoms with Gasteiger partial charge in [0.25, 0.3) is 0 Å². The fourth-order valence-electron chi connectivity index (χ4n) is 2.63. The molecule has 0 aliphatic heterocycles. The molecule has 0 bridgehead atoms. The van der Waals surface area contributed by atoms with Crippen molar-refractivity contribution in [2.75, 3.05) is 46.2 Å². The molecule has 0 saturated heterocycles. The number of hydrogen-bond acceptors (Lipinski definition) is 7. The molecular weight excluding hydrogens is 382 g/mol. The Balaban J connectivity index is 0. The van der Waals surface area contributed by atoms with Crippen LogP contribution in [0.15, 0.2) is 0 Å². The second kappa shape index (κ2) is 19.5. The van der Waals surface area contributed by atoms with Gasteiger partial charge in [-0.1, -0.05) is 13.3 Å². The third-order valence-corrected chi connectivity index (χ3v) is 9.88. The zero-order chi connectivity index (χ0) is 21.0. The van der Waals surface area contributed by atoms with Gasteiger partial charge in [0.1, 0.15) is 0 Å². The van der Waals surface area contributed by atoms with Crippen LogP contribution in [0.4, 0.5) is 0 Å². The van der Waals surface area contributed by atoms with Crippen molar-refractivity contribution in [3.05, 3.63) is 0 Å². The fraction of sp³-hybridized carbons (Fsp3) is 1.00. The summed E-state index contributed by atoms with van der Waals surface area (Å²) < 4.78 is 33.9. The minimum atomic E-state index is -2.40. The Morgan fingerprint density at radius 2 is 0.815 bits per heavy atom. The molecule has 7 nitrogen and oxygen atoms in total. The van der Waals surface area contributed by atoms with Crippen LogP contribution in [0.1, 0.15) is 61.3 Å². The van der Waals surface area contributed by atoms with E-state index in [0.717, 1.165) is 24.9 Å². The molecule has 0 spiro atoms. The lowest BCUT2D eigenvalue weighted by molar-refractivity contribution is 0.0702. The van der Waals surface area contributed by atoms with E-state index >= 15 is 0 Å². The Kier molecular flexibility index (Phi) is 21.2. The van der Waals surface area contributed by atoms with Crippen LogP contribution >= 0.6 is 0 Å². The predicted molar refractivity (Wildman–Crippen MR) is 115 cm³/mol. The SMILES string of the molecule is CCC[Si](OCC)(OCC)OCC.CCO[Si](CCCN)(OCC)OCC. The first-order chi connectivity index (χ1) is 13.0. The van der Waals surface area contributed by atoms with Crippen LogP contribution < -0.4 is 5.73 Å². The van der Waals surface area contributed by atoms with E-state index in [1.54, 1.807) is 0 Å². The summed E-state index contributed by atoms with van der Waals surface area (Å²) in [6.07, 6.45) is 1.94. The highest BCUT2D eigenvalue weighted by molar-refractivity contribution is 6.61. The van der Waals surface area contributed by atoms with Crippen molar-refractivity contribution < 1.29 is 26.6 Å². The van der Waals surface area contributed by atoms with Crippen LogP contribution in [-0.4, -0.2) is 63.8 Å². The molecule has 166 valence electrons. The average molecular weight is 428 g/mol. The van der Waals surface area contributed by atoms with E-state index in [4.69, 9.17) is 32.3 Å². The van der Waals surface area contributed by atoms with Gasteiger partial charge in [0.05, 0.1) is 0 Å². The van der Waals surface area contributed by atoms with Crippen molar-refractivity contribution in [3.8, 4) is 0 Å². The Hall–Kier alpha value is 0.154. The maximum absolute atomic E-state index is 5.65. The molecule has 0 aromatic heterocycles. The molecule has 0 heterocycles. The summed E-state index contributed by atoms with van der Waals surface area (Å²) in [6, 6.07) is 1.74. The third-order valence-electron chi connectivity index (χ3n) is 3.43. The highest BCUT2D eigenvalue weighted by Gasteiger charge is 2.39. The van der Waals surface area contributed by atoms with Crippen LogP contribution in [0.25, 0.3) is 0 Å². The van der Waals surface area contributed by atoms with E-state index in [-0.39, 0.29) is 0 Å². The van der Waals surface area contributed by atoms with Gasteiger partial charge in [-0.15, -0.1) is 0 Å². The molecule has 0 unspecified atom stereocenters. The maximum Gasteiger partial charge on any atom is 0.500 e. The van der Waals surface area contributed by atoms with Crippen LogP contribution in [0.3, 0.4) is 0 Å². The number of rotatable bonds is 17. The van der Waals surface area contributed by atoms with Crippen molar-refractivity contribution in [2.45, 2.75) is 73.4 Å². The van der Waals surface area contributed by atoms with Gasteiger partial charge >= 0.3 is 17.6 Å². The minimum absolute atomic E-state index is 0.636. The van der Waals surface area contributed by atoms with E-state index in [0.29, 0.717) is 46.2 Å². The predicted octanol–water partition coefficient (Wildman–Crippen LogP) is 3.83. The Morgan fingerprint density at radius 3 is 1.04 bits per heavy atom. The first-order valence-electron chi connectivity index (χ1n) is 10.5. The van der Waals surface area contributed by atoms with Crippen molar-refractivity contribution in [1.82, 2.24) is 0 Å². The molecular formula is C18H45NO6Si2. The lowest BCUT2D eigenvalue weighted by Gasteiger charge is -2.28. The van der Waals surface area contributed by atoms with Gasteiger partial charge in [0.2, 0.25) is 0 Å². The van der Waals surface area contributed by atoms with Crippen LogP contribution in [0, 0.1) is 0 Å². The quantitative estimate of drug-likeness (QED) is 0.353. The van der Waals surface area contributed by atoms with Crippen molar-refractivity contribution in [2.24, 2.45) is 5.73 Å². The Bertz CT molecular complexity index is 267. The fourth-order valence-corrected chi connectivity index (χ4v) is 7.88. The van der Waals surface area contributed by atoms with Crippen LogP contribution in [-0.2, 0) is 26.6 Å². The van der Waals surface area contributed by atoms with Gasteiger partial charge in [0.15, 0.2) is 0 Å². The van der Waals surface area contributed by atoms with Crippen molar-refractivity contribution in [3.63, 3.8) is 0 Å². The summed E-state index contributed by atoms with van der Waals surface area (Å²) in [4.78, 5) is 0. The third kappa shape index (κ3) is 13.9. The molecule has 0 saturated carbocycles. The van der Waals surface area contributed by atoms with Crippen molar-refractivity contribution >= 4 is 17.6 Å². The molecule has 0 aromatic rings. The molecule has 0 rings (SSSR count). The first kappa shape index (κ1) is 29.4. The molecule has 0 amide bonds. The van der Waals surface area contributed by atoms with E-state index in [1.165, 1.54) is 0 Å². The van der Waals surface area contributed by atoms with Crippen molar-refractivity contribution in [1.29, 1.82) is 0 Å². The monoisotopic (exact) mass is 427 g/mol. The van der Waals surface area contributed by atoms with Gasteiger partial charge < -0.3 is 32.3 Å². The second-order valence-electron chi connectivity index (χ2n) is 5.61. The maximum atomic E-state index is 5.65. The second-order valence-corrected chi connectivity index (χ2v) is 11.1. The Labute approximate surface area is 169 Å². The highest BCUT2D eigenvalue weighted by Crippen LogP contribution is 2.18. The molecule has 0 aliphatic carbocycles. The highest BCUT2D eigenvalue weighted by atomic mass is 28.4. The summed E-state index contributed by atoms with van der Waals surface area (Å²) in [5, 5.41) is 0. The number of nitrogens with two attached hydrogens (primary N) is 1. The average Bonchev–Trinajstić information content (AvgIpc) is 2.62. The van der Waals surface area contributed by atoms with Gasteiger partial charge in [-0.05, 0) is 54.5 Å². The summed E-state index contributed by atoms with van der Waals surface area (Å²) in [5.74, 6) is 0. The van der Waals surface area contributed by atoms with Gasteiger partial charge in [-0.25, -0.2) is 0 Å². The summed E-state index contributed by atoms with van der Waals surface area (Å²) in [7, 11) is -4.69. The zero-order valence-electron chi connectivity index (χ0n) is 18.8. The van der Waals surface area contributed by atoms with Crippen LogP contribution in [0.5, 0.6) is 0 Å². The van der Waals surface area contributed by atoms with E-state index in [2.05, 4.69) is 6.92 Å². The lowest BCUT2D eigenvalue weighted by Crippen LogP contribution is -2.46. The summed E-state index contributed by atoms with van der Waals surface area (Å²) >= 11 is 0. The molecule has 0 aliphatic rings. The first-order valence-corrected chi connectivity index (χ1v) is 14.4. The smallest absolute Gasteiger partial charge is 0.374 e. The molecule has 0 fully saturated rings. The number of hydrogen-bond donors (Lipinski definition) is 1. The van der Waals surface area contributed by atoms with E-state index < -0.39 is 17.6 Å². The van der Waals surface area contributed by atoms with Gasteiger partial charge in [-0.2, -0.15) is 0 Å². The summed E-state index contributed by atoms with van der Waals surface area (Å²) in [6.45, 7) is 18.5. The van der Waals surface area contributed by atoms with Gasteiger partial charge in [-0.3, -0.25) is 0 Å². The minimum Gasteiger partial charge on any atom is -0.374 e. The molecule has 0 aromatic carbocycles. The van der Waals surface area contributed by atoms with Crippen LogP contribution in [0.2, 0.25) is 12.1 Å². The van der Waals surface area contributed by atoms with Gasteiger partial charge in [0, 0.05) is 51.7 Å².